The molecule has 0 unspecified atom stereocenters. The Morgan fingerprint density at radius 1 is 0.983 bits per heavy atom. The average Bonchev–Trinajstić information content (AvgIpc) is 3.63. The quantitative estimate of drug-likeness (QED) is 0.179. The molecule has 3 aliphatic rings. The Hall–Kier alpha value is -5.59. The number of imide groups is 1. The minimum Gasteiger partial charge on any atom is -0.495 e. The van der Waals surface area contributed by atoms with Crippen molar-refractivity contribution in [1.82, 2.24) is 29.9 Å². The molecule has 0 bridgehead atoms. The van der Waals surface area contributed by atoms with Crippen LogP contribution >= 0.6 is 0 Å². The summed E-state index contributed by atoms with van der Waals surface area (Å²) >= 11 is 0. The van der Waals surface area contributed by atoms with Crippen molar-refractivity contribution in [1.29, 1.82) is 0 Å². The number of anilines is 2. The summed E-state index contributed by atoms with van der Waals surface area (Å²) in [7, 11) is 1.49. The van der Waals surface area contributed by atoms with E-state index < -0.39 is 35.1 Å². The van der Waals surface area contributed by atoms with E-state index in [1.807, 2.05) is 10.9 Å². The van der Waals surface area contributed by atoms with E-state index in [0.29, 0.717) is 66.0 Å². The molecule has 2 aromatic heterocycles. The molecule has 3 N–H and O–H groups in total. The summed E-state index contributed by atoms with van der Waals surface area (Å²) in [5, 5.41) is 21.4. The van der Waals surface area contributed by atoms with E-state index in [2.05, 4.69) is 20.5 Å². The first kappa shape index (κ1) is 41.6. The number of aliphatic hydroxyl groups is 1. The number of piperidine rings is 2. The number of rotatable bonds is 11. The van der Waals surface area contributed by atoms with Crippen molar-refractivity contribution in [2.45, 2.75) is 69.9 Å². The third kappa shape index (κ3) is 9.50. The zero-order valence-electron chi connectivity index (χ0n) is 33.1. The number of methoxy groups -OCH3 is 1. The van der Waals surface area contributed by atoms with Crippen LogP contribution in [0, 0.1) is 0 Å². The summed E-state index contributed by atoms with van der Waals surface area (Å²) in [4.78, 5) is 59.7. The van der Waals surface area contributed by atoms with Gasteiger partial charge in [0.25, 0.3) is 11.8 Å². The minimum absolute atomic E-state index is 0.0267. The molecule has 3 saturated heterocycles. The third-order valence-corrected chi connectivity index (χ3v) is 11.0. The summed E-state index contributed by atoms with van der Waals surface area (Å²) in [6.45, 7) is 7.34. The monoisotopic (exact) mass is 820 g/mol. The lowest BCUT2D eigenvalue weighted by molar-refractivity contribution is -0.141. The van der Waals surface area contributed by atoms with Crippen molar-refractivity contribution in [3.63, 3.8) is 0 Å². The second-order valence-electron chi connectivity index (χ2n) is 15.6. The van der Waals surface area contributed by atoms with E-state index in [1.54, 1.807) is 49.1 Å². The second kappa shape index (κ2) is 16.9. The van der Waals surface area contributed by atoms with Crippen LogP contribution in [0.2, 0.25) is 0 Å². The maximum absolute atomic E-state index is 13.5. The van der Waals surface area contributed by atoms with Crippen molar-refractivity contribution in [3.05, 3.63) is 77.2 Å². The molecule has 0 atom stereocenters. The maximum Gasteiger partial charge on any atom is 0.433 e. The molecular formula is C41H47F3N8O7. The number of urea groups is 1. The van der Waals surface area contributed by atoms with Gasteiger partial charge in [-0.15, -0.1) is 0 Å². The largest absolute Gasteiger partial charge is 0.495 e. The number of pyridine rings is 1. The van der Waals surface area contributed by atoms with Gasteiger partial charge in [-0.05, 0) is 82.0 Å². The van der Waals surface area contributed by atoms with E-state index in [9.17, 15) is 37.5 Å². The van der Waals surface area contributed by atoms with E-state index >= 15 is 0 Å². The molecule has 5 heterocycles. The lowest BCUT2D eigenvalue weighted by Gasteiger charge is -2.34. The number of ether oxygens (including phenoxy) is 2. The van der Waals surface area contributed by atoms with Crippen LogP contribution in [0.1, 0.15) is 84.1 Å². The van der Waals surface area contributed by atoms with Crippen molar-refractivity contribution < 1.29 is 46.9 Å². The fourth-order valence-electron chi connectivity index (χ4n) is 7.78. The van der Waals surface area contributed by atoms with Crippen LogP contribution in [0.15, 0.2) is 54.7 Å². The predicted molar refractivity (Wildman–Crippen MR) is 210 cm³/mol. The number of amides is 5. The van der Waals surface area contributed by atoms with Crippen LogP contribution in [0.25, 0.3) is 10.9 Å². The van der Waals surface area contributed by atoms with Gasteiger partial charge in [0.15, 0.2) is 0 Å². The first-order chi connectivity index (χ1) is 28.1. The molecule has 3 aliphatic heterocycles. The Morgan fingerprint density at radius 3 is 2.41 bits per heavy atom. The molecule has 4 aromatic rings. The van der Waals surface area contributed by atoms with Crippen molar-refractivity contribution in [2.24, 2.45) is 0 Å². The van der Waals surface area contributed by atoms with Gasteiger partial charge in [0, 0.05) is 74.1 Å². The Balaban J connectivity index is 0.890. The van der Waals surface area contributed by atoms with Gasteiger partial charge in [0.1, 0.15) is 17.1 Å². The van der Waals surface area contributed by atoms with Gasteiger partial charge in [-0.3, -0.25) is 29.3 Å². The first-order valence-corrected chi connectivity index (χ1v) is 19.6. The Kier molecular flexibility index (Phi) is 11.9. The summed E-state index contributed by atoms with van der Waals surface area (Å²) in [6, 6.07) is 11.0. The SMILES string of the molecule is COc1ccc(C(=O)N2CCC(OCCN3CCC(n4cc5cc(NC(=O)c6cccc(C(F)(F)F)n6)c(C(C)(C)O)cc5n4)CC3)CC2)cc1N1CCC(=O)NC1=O. The Morgan fingerprint density at radius 2 is 1.73 bits per heavy atom. The number of aromatic nitrogens is 3. The highest BCUT2D eigenvalue weighted by Gasteiger charge is 2.34. The highest BCUT2D eigenvalue weighted by Crippen LogP contribution is 2.35. The number of nitrogens with one attached hydrogen (secondary N) is 2. The van der Waals surface area contributed by atoms with Crippen LogP contribution < -0.4 is 20.3 Å². The molecule has 18 heteroatoms. The Labute approximate surface area is 338 Å². The number of hydrogen-bond acceptors (Lipinski definition) is 10. The predicted octanol–water partition coefficient (Wildman–Crippen LogP) is 5.34. The fourth-order valence-corrected chi connectivity index (χ4v) is 7.78. The maximum atomic E-state index is 13.5. The molecule has 314 valence electrons. The van der Waals surface area contributed by atoms with E-state index in [-0.39, 0.29) is 42.6 Å². The van der Waals surface area contributed by atoms with Gasteiger partial charge in [0.05, 0.1) is 42.7 Å². The van der Waals surface area contributed by atoms with Gasteiger partial charge in [-0.25, -0.2) is 9.78 Å². The number of fused-ring (bicyclic) bond motifs is 1. The molecule has 0 radical (unpaired) electrons. The molecule has 5 amide bonds. The van der Waals surface area contributed by atoms with Gasteiger partial charge >= 0.3 is 12.2 Å². The number of hydrogen-bond donors (Lipinski definition) is 3. The molecule has 0 saturated carbocycles. The van der Waals surface area contributed by atoms with Crippen molar-refractivity contribution >= 4 is 46.0 Å². The van der Waals surface area contributed by atoms with Gasteiger partial charge in [-0.1, -0.05) is 6.07 Å². The second-order valence-corrected chi connectivity index (χ2v) is 15.6. The van der Waals surface area contributed by atoms with Crippen molar-refractivity contribution in [2.75, 3.05) is 63.2 Å². The van der Waals surface area contributed by atoms with Gasteiger partial charge in [-0.2, -0.15) is 18.3 Å². The number of carbonyl (C=O) groups is 4. The molecule has 59 heavy (non-hydrogen) atoms. The van der Waals surface area contributed by atoms with Gasteiger partial charge < -0.3 is 29.7 Å². The number of nitrogens with zero attached hydrogens (tertiary/aromatic N) is 6. The number of alkyl halides is 3. The van der Waals surface area contributed by atoms with Gasteiger partial charge in [0.2, 0.25) is 5.91 Å². The fraction of sp³-hybridized carbons (Fsp3) is 0.463. The number of carbonyl (C=O) groups excluding carboxylic acids is 4. The molecular weight excluding hydrogens is 773 g/mol. The van der Waals surface area contributed by atoms with Crippen LogP contribution in [0.5, 0.6) is 5.75 Å². The smallest absolute Gasteiger partial charge is 0.433 e. The van der Waals surface area contributed by atoms with Crippen molar-refractivity contribution in [3.8, 4) is 5.75 Å². The van der Waals surface area contributed by atoms with Crippen LogP contribution in [0.4, 0.5) is 29.3 Å². The zero-order valence-corrected chi connectivity index (χ0v) is 33.1. The number of benzene rings is 2. The standard InChI is InChI=1S/C41H47F3N8O7/c1-40(2,57)29-23-31-26(21-32(29)46-37(54)30-5-4-6-35(45-30)41(42,43)44)24-52(48-31)27-9-14-49(15-10-27)19-20-59-28-11-16-50(17-12-28)38(55)25-7-8-34(58-3)33(22-25)51-18-13-36(53)47-39(51)56/h4-8,21-24,27-28,57H,9-20H2,1-3H3,(H,46,54)(H,47,53,56). The summed E-state index contributed by atoms with van der Waals surface area (Å²) in [5.74, 6) is -0.900. The third-order valence-electron chi connectivity index (χ3n) is 11.0. The molecule has 7 rings (SSSR count). The highest BCUT2D eigenvalue weighted by molar-refractivity contribution is 6.07. The first-order valence-electron chi connectivity index (χ1n) is 19.6. The number of likely N-dealkylation sites (tertiary alicyclic amines) is 2. The minimum atomic E-state index is -4.70. The molecule has 3 fully saturated rings. The zero-order chi connectivity index (χ0) is 42.1. The highest BCUT2D eigenvalue weighted by atomic mass is 19.4. The van der Waals surface area contributed by atoms with Crippen LogP contribution in [-0.2, 0) is 21.3 Å². The molecule has 15 nitrogen and oxygen atoms in total. The van der Waals surface area contributed by atoms with Crippen LogP contribution in [-0.4, -0.2) is 113 Å². The number of halogens is 3. The lowest BCUT2D eigenvalue weighted by atomic mass is 9.95. The van der Waals surface area contributed by atoms with E-state index in [0.717, 1.165) is 44.6 Å². The molecule has 0 aliphatic carbocycles. The average molecular weight is 821 g/mol. The molecule has 2 aromatic carbocycles. The topological polar surface area (TPSA) is 171 Å². The van der Waals surface area contributed by atoms with E-state index in [1.165, 1.54) is 18.1 Å². The normalized spacial score (nSPS) is 17.7. The van der Waals surface area contributed by atoms with E-state index in [4.69, 9.17) is 14.6 Å². The van der Waals surface area contributed by atoms with Crippen LogP contribution in [0.3, 0.4) is 0 Å². The summed E-state index contributed by atoms with van der Waals surface area (Å²) < 4.78 is 53.3. The summed E-state index contributed by atoms with van der Waals surface area (Å²) in [5.41, 5.74) is -0.897. The Bertz CT molecular complexity index is 2220. The summed E-state index contributed by atoms with van der Waals surface area (Å²) in [6.07, 6.45) is 0.429. The molecule has 0 spiro atoms. The lowest BCUT2D eigenvalue weighted by Crippen LogP contribution is -2.49.